The smallest absolute Gasteiger partial charge is 0.184 e. The summed E-state index contributed by atoms with van der Waals surface area (Å²) in [6.45, 7) is 3.63. The standard InChI is InChI=1S/C20H19N3O4/c1-13-9-18(7-8-19(13)14(2)24)27-12-16-10-23(22-21-16)11-20(26)15-3-5-17(25)6-4-15/h3-10,25H,11-12H2,1-2H3. The largest absolute Gasteiger partial charge is 0.508 e. The van der Waals surface area contributed by atoms with Crippen molar-refractivity contribution in [3.63, 3.8) is 0 Å². The number of carbonyl (C=O) groups is 2. The van der Waals surface area contributed by atoms with Gasteiger partial charge in [-0.05, 0) is 61.9 Å². The summed E-state index contributed by atoms with van der Waals surface area (Å²) in [5.41, 5.74) is 2.59. The van der Waals surface area contributed by atoms with E-state index >= 15 is 0 Å². The SMILES string of the molecule is CC(=O)c1ccc(OCc2cn(CC(=O)c3ccc(O)cc3)nn2)cc1C. The van der Waals surface area contributed by atoms with Gasteiger partial charge in [0.15, 0.2) is 11.6 Å². The van der Waals surface area contributed by atoms with Crippen LogP contribution in [0.5, 0.6) is 11.5 Å². The molecule has 0 fully saturated rings. The number of aromatic hydroxyl groups is 1. The molecule has 0 saturated carbocycles. The van der Waals surface area contributed by atoms with Gasteiger partial charge in [-0.1, -0.05) is 5.21 Å². The molecule has 1 aromatic heterocycles. The first-order valence-corrected chi connectivity index (χ1v) is 8.38. The van der Waals surface area contributed by atoms with Crippen LogP contribution >= 0.6 is 0 Å². The molecule has 7 nitrogen and oxygen atoms in total. The lowest BCUT2D eigenvalue weighted by Crippen LogP contribution is -2.10. The van der Waals surface area contributed by atoms with Crippen molar-refractivity contribution < 1.29 is 19.4 Å². The Labute approximate surface area is 156 Å². The third-order valence-electron chi connectivity index (χ3n) is 4.04. The summed E-state index contributed by atoms with van der Waals surface area (Å²) in [5, 5.41) is 17.2. The van der Waals surface area contributed by atoms with Crippen molar-refractivity contribution in [2.45, 2.75) is 27.0 Å². The lowest BCUT2D eigenvalue weighted by atomic mass is 10.1. The van der Waals surface area contributed by atoms with E-state index in [9.17, 15) is 14.7 Å². The number of aromatic nitrogens is 3. The third kappa shape index (κ3) is 4.58. The van der Waals surface area contributed by atoms with Gasteiger partial charge < -0.3 is 9.84 Å². The summed E-state index contributed by atoms with van der Waals surface area (Å²) in [6, 6.07) is 11.3. The zero-order chi connectivity index (χ0) is 19.4. The van der Waals surface area contributed by atoms with Crippen molar-refractivity contribution in [3.05, 3.63) is 71.0 Å². The Balaban J connectivity index is 1.59. The van der Waals surface area contributed by atoms with Gasteiger partial charge in [0.05, 0.1) is 6.20 Å². The molecule has 138 valence electrons. The predicted molar refractivity (Wildman–Crippen MR) is 98.0 cm³/mol. The van der Waals surface area contributed by atoms with Gasteiger partial charge in [-0.25, -0.2) is 4.68 Å². The molecule has 0 unspecified atom stereocenters. The van der Waals surface area contributed by atoms with Gasteiger partial charge in [0.2, 0.25) is 0 Å². The first-order valence-electron chi connectivity index (χ1n) is 8.38. The van der Waals surface area contributed by atoms with Crippen LogP contribution in [0.1, 0.15) is 38.9 Å². The Bertz CT molecular complexity index is 977. The summed E-state index contributed by atoms with van der Waals surface area (Å²) < 4.78 is 7.13. The molecule has 0 radical (unpaired) electrons. The topological polar surface area (TPSA) is 94.3 Å². The lowest BCUT2D eigenvalue weighted by molar-refractivity contribution is 0.0965. The van der Waals surface area contributed by atoms with Crippen molar-refractivity contribution in [1.82, 2.24) is 15.0 Å². The maximum Gasteiger partial charge on any atom is 0.184 e. The minimum atomic E-state index is -0.136. The molecule has 0 aliphatic carbocycles. The Hall–Kier alpha value is -3.48. The van der Waals surface area contributed by atoms with Gasteiger partial charge in [0, 0.05) is 11.1 Å². The monoisotopic (exact) mass is 365 g/mol. The molecule has 0 saturated heterocycles. The number of rotatable bonds is 7. The van der Waals surface area contributed by atoms with E-state index in [1.165, 1.54) is 23.7 Å². The van der Waals surface area contributed by atoms with Crippen LogP contribution in [-0.2, 0) is 13.2 Å². The second-order valence-electron chi connectivity index (χ2n) is 6.20. The quantitative estimate of drug-likeness (QED) is 0.647. The van der Waals surface area contributed by atoms with Gasteiger partial charge in [0.1, 0.15) is 30.3 Å². The zero-order valence-electron chi connectivity index (χ0n) is 15.0. The van der Waals surface area contributed by atoms with Crippen molar-refractivity contribution in [3.8, 4) is 11.5 Å². The molecule has 1 N–H and O–H groups in total. The van der Waals surface area contributed by atoms with Gasteiger partial charge in [0.25, 0.3) is 0 Å². The number of ether oxygens (including phenoxy) is 1. The average molecular weight is 365 g/mol. The Morgan fingerprint density at radius 1 is 1.15 bits per heavy atom. The summed E-state index contributed by atoms with van der Waals surface area (Å²) in [5.74, 6) is 0.619. The number of hydrogen-bond acceptors (Lipinski definition) is 6. The molecule has 0 bridgehead atoms. The van der Waals surface area contributed by atoms with Crippen LogP contribution in [0.15, 0.2) is 48.7 Å². The minimum Gasteiger partial charge on any atom is -0.508 e. The van der Waals surface area contributed by atoms with Crippen molar-refractivity contribution in [2.24, 2.45) is 0 Å². The molecule has 3 aromatic rings. The van der Waals surface area contributed by atoms with Gasteiger partial charge in [-0.15, -0.1) is 5.10 Å². The van der Waals surface area contributed by atoms with Gasteiger partial charge >= 0.3 is 0 Å². The third-order valence-corrected chi connectivity index (χ3v) is 4.04. The van der Waals surface area contributed by atoms with Gasteiger partial charge in [-0.3, -0.25) is 9.59 Å². The molecular formula is C20H19N3O4. The second-order valence-corrected chi connectivity index (χ2v) is 6.20. The minimum absolute atomic E-state index is 0.0142. The first-order chi connectivity index (χ1) is 12.9. The molecule has 3 rings (SSSR count). The van der Waals surface area contributed by atoms with E-state index in [2.05, 4.69) is 10.3 Å². The molecule has 7 heteroatoms. The lowest BCUT2D eigenvalue weighted by Gasteiger charge is -2.07. The van der Waals surface area contributed by atoms with Crippen LogP contribution < -0.4 is 4.74 Å². The summed E-state index contributed by atoms with van der Waals surface area (Å²) in [6.07, 6.45) is 1.65. The van der Waals surface area contributed by atoms with E-state index in [1.807, 2.05) is 6.92 Å². The molecule has 0 aliphatic rings. The van der Waals surface area contributed by atoms with Crippen LogP contribution in [0.4, 0.5) is 0 Å². The van der Waals surface area contributed by atoms with E-state index in [-0.39, 0.29) is 30.5 Å². The van der Waals surface area contributed by atoms with Crippen LogP contribution in [0.25, 0.3) is 0 Å². The van der Waals surface area contributed by atoms with Gasteiger partial charge in [-0.2, -0.15) is 0 Å². The van der Waals surface area contributed by atoms with Crippen LogP contribution in [-0.4, -0.2) is 31.7 Å². The highest BCUT2D eigenvalue weighted by Crippen LogP contribution is 2.18. The van der Waals surface area contributed by atoms with E-state index in [1.54, 1.807) is 36.5 Å². The van der Waals surface area contributed by atoms with E-state index in [0.717, 1.165) is 5.56 Å². The van der Waals surface area contributed by atoms with Crippen LogP contribution in [0.2, 0.25) is 0 Å². The number of benzene rings is 2. The second kappa shape index (κ2) is 7.82. The fraction of sp³-hybridized carbons (Fsp3) is 0.200. The number of Topliss-reactive ketones (excluding diaryl/α,β-unsaturated/α-hetero) is 2. The molecule has 0 amide bonds. The highest BCUT2D eigenvalue weighted by atomic mass is 16.5. The highest BCUT2D eigenvalue weighted by Gasteiger charge is 2.10. The maximum absolute atomic E-state index is 12.2. The maximum atomic E-state index is 12.2. The predicted octanol–water partition coefficient (Wildman–Crippen LogP) is 2.96. The fourth-order valence-electron chi connectivity index (χ4n) is 2.65. The molecular weight excluding hydrogens is 346 g/mol. The number of ketones is 2. The number of phenolic OH excluding ortho intramolecular Hbond substituents is 1. The number of carbonyl (C=O) groups excluding carboxylic acids is 2. The first kappa shape index (κ1) is 18.3. The average Bonchev–Trinajstić information content (AvgIpc) is 3.07. The molecule has 27 heavy (non-hydrogen) atoms. The van der Waals surface area contributed by atoms with E-state index in [0.29, 0.717) is 22.6 Å². The number of hydrogen-bond donors (Lipinski definition) is 1. The number of phenols is 1. The highest BCUT2D eigenvalue weighted by molar-refractivity contribution is 5.96. The Morgan fingerprint density at radius 2 is 1.89 bits per heavy atom. The van der Waals surface area contributed by atoms with E-state index < -0.39 is 0 Å². The Morgan fingerprint density at radius 3 is 2.56 bits per heavy atom. The molecule has 0 aliphatic heterocycles. The molecule has 1 heterocycles. The number of aryl methyl sites for hydroxylation is 1. The summed E-state index contributed by atoms with van der Waals surface area (Å²) in [7, 11) is 0. The summed E-state index contributed by atoms with van der Waals surface area (Å²) >= 11 is 0. The van der Waals surface area contributed by atoms with Crippen LogP contribution in [0.3, 0.4) is 0 Å². The van der Waals surface area contributed by atoms with E-state index in [4.69, 9.17) is 4.74 Å². The zero-order valence-corrected chi connectivity index (χ0v) is 15.0. The molecule has 0 atom stereocenters. The molecule has 0 spiro atoms. The fourth-order valence-corrected chi connectivity index (χ4v) is 2.65. The van der Waals surface area contributed by atoms with Crippen molar-refractivity contribution in [2.75, 3.05) is 0 Å². The Kier molecular flexibility index (Phi) is 5.30. The summed E-state index contributed by atoms with van der Waals surface area (Å²) in [4.78, 5) is 23.7. The normalized spacial score (nSPS) is 10.6. The van der Waals surface area contributed by atoms with Crippen LogP contribution in [0, 0.1) is 6.92 Å². The van der Waals surface area contributed by atoms with Crippen molar-refractivity contribution >= 4 is 11.6 Å². The number of nitrogens with zero attached hydrogens (tertiary/aromatic N) is 3. The van der Waals surface area contributed by atoms with Crippen molar-refractivity contribution in [1.29, 1.82) is 0 Å². The molecule has 2 aromatic carbocycles.